The topological polar surface area (TPSA) is 86.8 Å². The molecule has 0 bridgehead atoms. The second-order valence-corrected chi connectivity index (χ2v) is 5.30. The van der Waals surface area contributed by atoms with Crippen molar-refractivity contribution in [1.82, 2.24) is 4.90 Å². The van der Waals surface area contributed by atoms with Gasteiger partial charge in [-0.15, -0.1) is 0 Å². The first-order chi connectivity index (χ1) is 10.4. The number of rotatable bonds is 8. The lowest BCUT2D eigenvalue weighted by atomic mass is 10.1. The van der Waals surface area contributed by atoms with E-state index in [4.69, 9.17) is 15.9 Å². The summed E-state index contributed by atoms with van der Waals surface area (Å²) in [7, 11) is 0. The molecule has 4 N–H and O–H groups in total. The molecular formula is C17H30N2O3. The van der Waals surface area contributed by atoms with E-state index in [1.165, 1.54) is 13.0 Å². The normalized spacial score (nSPS) is 13.2. The van der Waals surface area contributed by atoms with E-state index in [2.05, 4.69) is 25.7 Å². The Morgan fingerprint density at radius 3 is 2.18 bits per heavy atom. The largest absolute Gasteiger partial charge is 0.479 e. The lowest BCUT2D eigenvalue weighted by Gasteiger charge is -2.17. The fourth-order valence-corrected chi connectivity index (χ4v) is 1.95. The monoisotopic (exact) mass is 310 g/mol. The van der Waals surface area contributed by atoms with E-state index in [0.717, 1.165) is 19.5 Å². The number of nitrogens with two attached hydrogens (primary N) is 1. The van der Waals surface area contributed by atoms with Crippen molar-refractivity contribution in [2.24, 2.45) is 5.73 Å². The summed E-state index contributed by atoms with van der Waals surface area (Å²) in [6.45, 7) is 10.0. The first-order valence-electron chi connectivity index (χ1n) is 7.86. The number of aliphatic hydroxyl groups is 1. The van der Waals surface area contributed by atoms with Gasteiger partial charge in [-0.05, 0) is 45.0 Å². The predicted octanol–water partition coefficient (Wildman–Crippen LogP) is 2.26. The number of aliphatic hydroxyl groups excluding tert-OH is 1. The summed E-state index contributed by atoms with van der Waals surface area (Å²) in [6.07, 6.45) is 0.978. The Balaban J connectivity index is 0.000000401. The molecule has 1 aromatic rings. The number of hydrogen-bond acceptors (Lipinski definition) is 4. The van der Waals surface area contributed by atoms with Crippen molar-refractivity contribution in [2.45, 2.75) is 45.8 Å². The standard InChI is InChI=1S/C9H22N2.C8H8O3/c1-4-11(5-2)8-6-7-9(3)10;9-7(8(10)11)6-4-2-1-3-5-6/h9H,4-8,10H2,1-3H3;1-5,7,9H,(H,10,11)/t9-;7-/m11/s1. The van der Waals surface area contributed by atoms with Crippen molar-refractivity contribution in [2.75, 3.05) is 19.6 Å². The molecule has 5 nitrogen and oxygen atoms in total. The fraction of sp³-hybridized carbons (Fsp3) is 0.588. The Hall–Kier alpha value is -1.43. The second-order valence-electron chi connectivity index (χ2n) is 5.30. The number of carboxylic acid groups (broad SMARTS) is 1. The van der Waals surface area contributed by atoms with E-state index in [-0.39, 0.29) is 0 Å². The molecular weight excluding hydrogens is 280 g/mol. The smallest absolute Gasteiger partial charge is 0.337 e. The van der Waals surface area contributed by atoms with Crippen LogP contribution in [0, 0.1) is 0 Å². The Bertz CT molecular complexity index is 392. The number of carboxylic acids is 1. The summed E-state index contributed by atoms with van der Waals surface area (Å²) < 4.78 is 0. The van der Waals surface area contributed by atoms with Crippen molar-refractivity contribution < 1.29 is 15.0 Å². The molecule has 0 aromatic heterocycles. The van der Waals surface area contributed by atoms with Crippen LogP contribution >= 0.6 is 0 Å². The maximum atomic E-state index is 10.2. The van der Waals surface area contributed by atoms with Crippen LogP contribution < -0.4 is 5.73 Å². The number of hydrogen-bond donors (Lipinski definition) is 3. The highest BCUT2D eigenvalue weighted by atomic mass is 16.4. The average Bonchev–Trinajstić information content (AvgIpc) is 2.52. The van der Waals surface area contributed by atoms with Gasteiger partial charge in [-0.2, -0.15) is 0 Å². The van der Waals surface area contributed by atoms with Gasteiger partial charge in [0, 0.05) is 6.04 Å². The number of nitrogens with zero attached hydrogens (tertiary/aromatic N) is 1. The third kappa shape index (κ3) is 9.50. The van der Waals surface area contributed by atoms with Crippen LogP contribution in [0.15, 0.2) is 30.3 Å². The van der Waals surface area contributed by atoms with Crippen molar-refractivity contribution in [1.29, 1.82) is 0 Å². The maximum absolute atomic E-state index is 10.2. The van der Waals surface area contributed by atoms with Gasteiger partial charge in [-0.1, -0.05) is 44.2 Å². The van der Waals surface area contributed by atoms with Gasteiger partial charge in [0.15, 0.2) is 6.10 Å². The minimum absolute atomic E-state index is 0.366. The van der Waals surface area contributed by atoms with Gasteiger partial charge >= 0.3 is 5.97 Å². The molecule has 0 spiro atoms. The Kier molecular flexibility index (Phi) is 11.4. The minimum atomic E-state index is -1.41. The third-order valence-corrected chi connectivity index (χ3v) is 3.38. The number of benzene rings is 1. The van der Waals surface area contributed by atoms with Gasteiger partial charge in [0.25, 0.3) is 0 Å². The van der Waals surface area contributed by atoms with Crippen LogP contribution in [0.25, 0.3) is 0 Å². The van der Waals surface area contributed by atoms with Crippen LogP contribution in [0.4, 0.5) is 0 Å². The summed E-state index contributed by atoms with van der Waals surface area (Å²) in [5.41, 5.74) is 6.05. The Morgan fingerprint density at radius 2 is 1.77 bits per heavy atom. The number of aliphatic carboxylic acids is 1. The molecule has 2 atom stereocenters. The molecule has 5 heteroatoms. The molecule has 1 rings (SSSR count). The highest BCUT2D eigenvalue weighted by Gasteiger charge is 2.14. The lowest BCUT2D eigenvalue weighted by Crippen LogP contribution is -2.25. The predicted molar refractivity (Wildman–Crippen MR) is 89.7 cm³/mol. The lowest BCUT2D eigenvalue weighted by molar-refractivity contribution is -0.146. The van der Waals surface area contributed by atoms with Gasteiger partial charge in [0.1, 0.15) is 0 Å². The quantitative estimate of drug-likeness (QED) is 0.685. The fourth-order valence-electron chi connectivity index (χ4n) is 1.95. The zero-order valence-corrected chi connectivity index (χ0v) is 13.9. The zero-order chi connectivity index (χ0) is 17.0. The van der Waals surface area contributed by atoms with E-state index in [0.29, 0.717) is 11.6 Å². The molecule has 0 aliphatic rings. The first kappa shape index (κ1) is 20.6. The number of carbonyl (C=O) groups is 1. The molecule has 0 radical (unpaired) electrons. The average molecular weight is 310 g/mol. The molecule has 0 unspecified atom stereocenters. The van der Waals surface area contributed by atoms with Gasteiger partial charge in [-0.3, -0.25) is 0 Å². The molecule has 0 saturated carbocycles. The van der Waals surface area contributed by atoms with Gasteiger partial charge in [-0.25, -0.2) is 4.79 Å². The summed E-state index contributed by atoms with van der Waals surface area (Å²) in [5, 5.41) is 17.4. The van der Waals surface area contributed by atoms with Crippen LogP contribution in [0.1, 0.15) is 45.3 Å². The van der Waals surface area contributed by atoms with Gasteiger partial charge in [0.2, 0.25) is 0 Å². The molecule has 0 saturated heterocycles. The van der Waals surface area contributed by atoms with Crippen molar-refractivity contribution >= 4 is 5.97 Å². The van der Waals surface area contributed by atoms with Crippen LogP contribution in [0.5, 0.6) is 0 Å². The molecule has 1 aromatic carbocycles. The van der Waals surface area contributed by atoms with Crippen molar-refractivity contribution in [3.8, 4) is 0 Å². The molecule has 126 valence electrons. The highest BCUT2D eigenvalue weighted by molar-refractivity contribution is 5.73. The molecule has 22 heavy (non-hydrogen) atoms. The molecule has 0 aliphatic carbocycles. The Labute approximate surface area is 133 Å². The van der Waals surface area contributed by atoms with Gasteiger partial charge in [0.05, 0.1) is 0 Å². The van der Waals surface area contributed by atoms with Crippen molar-refractivity contribution in [3.63, 3.8) is 0 Å². The van der Waals surface area contributed by atoms with E-state index < -0.39 is 12.1 Å². The van der Waals surface area contributed by atoms with E-state index in [1.807, 2.05) is 0 Å². The van der Waals surface area contributed by atoms with E-state index in [9.17, 15) is 4.79 Å². The first-order valence-corrected chi connectivity index (χ1v) is 7.86. The van der Waals surface area contributed by atoms with Crippen LogP contribution in [-0.4, -0.2) is 46.8 Å². The van der Waals surface area contributed by atoms with Crippen LogP contribution in [0.2, 0.25) is 0 Å². The van der Waals surface area contributed by atoms with Crippen LogP contribution in [-0.2, 0) is 4.79 Å². The van der Waals surface area contributed by atoms with Crippen molar-refractivity contribution in [3.05, 3.63) is 35.9 Å². The summed E-state index contributed by atoms with van der Waals surface area (Å²) in [5.74, 6) is -1.23. The maximum Gasteiger partial charge on any atom is 0.337 e. The summed E-state index contributed by atoms with van der Waals surface area (Å²) >= 11 is 0. The molecule has 0 fully saturated rings. The molecule has 0 heterocycles. The second kappa shape index (κ2) is 12.1. The van der Waals surface area contributed by atoms with E-state index >= 15 is 0 Å². The SMILES string of the molecule is CCN(CC)CCC[C@@H](C)N.O=C(O)[C@H](O)c1ccccc1. The third-order valence-electron chi connectivity index (χ3n) is 3.38. The summed E-state index contributed by atoms with van der Waals surface area (Å²) in [6, 6.07) is 8.63. The minimum Gasteiger partial charge on any atom is -0.479 e. The van der Waals surface area contributed by atoms with E-state index in [1.54, 1.807) is 30.3 Å². The van der Waals surface area contributed by atoms with Gasteiger partial charge < -0.3 is 20.8 Å². The Morgan fingerprint density at radius 1 is 1.23 bits per heavy atom. The van der Waals surface area contributed by atoms with Crippen LogP contribution in [0.3, 0.4) is 0 Å². The zero-order valence-electron chi connectivity index (χ0n) is 13.9. The summed E-state index contributed by atoms with van der Waals surface area (Å²) in [4.78, 5) is 12.7. The molecule has 0 amide bonds. The highest BCUT2D eigenvalue weighted by Crippen LogP contribution is 2.10. The molecule has 0 aliphatic heterocycles.